The number of nitrogens with one attached hydrogen (secondary N) is 1. The third-order valence-corrected chi connectivity index (χ3v) is 4.07. The van der Waals surface area contributed by atoms with Crippen molar-refractivity contribution >= 4 is 5.91 Å². The van der Waals surface area contributed by atoms with E-state index >= 15 is 0 Å². The van der Waals surface area contributed by atoms with Crippen molar-refractivity contribution in [1.82, 2.24) is 15.1 Å². The number of para-hydroxylation sites is 1. The number of nitrogens with zero attached hydrogens (tertiary/aromatic N) is 2. The van der Waals surface area contributed by atoms with Gasteiger partial charge in [0.1, 0.15) is 0 Å². The van der Waals surface area contributed by atoms with E-state index in [1.165, 1.54) is 12.7 Å². The molecule has 0 aliphatic rings. The van der Waals surface area contributed by atoms with E-state index in [1.807, 2.05) is 48.5 Å². The summed E-state index contributed by atoms with van der Waals surface area (Å²) in [6.07, 6.45) is 1.71. The minimum absolute atomic E-state index is 0.215. The van der Waals surface area contributed by atoms with Crippen molar-refractivity contribution in [3.63, 3.8) is 0 Å². The summed E-state index contributed by atoms with van der Waals surface area (Å²) in [5, 5.41) is 7.32. The van der Waals surface area contributed by atoms with Gasteiger partial charge in [-0.05, 0) is 23.6 Å². The monoisotopic (exact) mass is 335 g/mol. The molecule has 2 aromatic carbocycles. The summed E-state index contributed by atoms with van der Waals surface area (Å²) in [7, 11) is 1.54. The molecule has 0 bridgehead atoms. The van der Waals surface area contributed by atoms with Gasteiger partial charge in [0.05, 0.1) is 19.0 Å². The van der Waals surface area contributed by atoms with Crippen LogP contribution in [0.1, 0.15) is 28.9 Å². The van der Waals surface area contributed by atoms with E-state index in [0.29, 0.717) is 12.3 Å². The van der Waals surface area contributed by atoms with Crippen LogP contribution in [0.3, 0.4) is 0 Å². The third-order valence-electron chi connectivity index (χ3n) is 4.07. The van der Waals surface area contributed by atoms with E-state index in [9.17, 15) is 4.79 Å². The molecule has 0 unspecified atom stereocenters. The molecule has 5 heteroatoms. The molecule has 0 saturated heterocycles. The number of benzene rings is 2. The summed E-state index contributed by atoms with van der Waals surface area (Å²) < 4.78 is 6.96. The molecule has 0 radical (unpaired) electrons. The fraction of sp³-hybridized carbons (Fsp3) is 0.200. The van der Waals surface area contributed by atoms with E-state index in [2.05, 4.69) is 29.5 Å². The number of methoxy groups -OCH3 is 1. The smallest absolute Gasteiger partial charge is 0.275 e. The third kappa shape index (κ3) is 3.88. The highest BCUT2D eigenvalue weighted by Gasteiger charge is 2.19. The molecule has 1 N–H and O–H groups in total. The second-order valence-electron chi connectivity index (χ2n) is 5.85. The van der Waals surface area contributed by atoms with E-state index in [-0.39, 0.29) is 17.5 Å². The van der Waals surface area contributed by atoms with Crippen molar-refractivity contribution in [2.24, 2.45) is 0 Å². The zero-order valence-electron chi connectivity index (χ0n) is 14.3. The molecule has 0 fully saturated rings. The lowest BCUT2D eigenvalue weighted by Gasteiger charge is -2.12. The Bertz CT molecular complexity index is 829. The molecule has 0 aliphatic carbocycles. The van der Waals surface area contributed by atoms with Crippen LogP contribution in [0.25, 0.3) is 5.69 Å². The molecule has 5 nitrogen and oxygen atoms in total. The van der Waals surface area contributed by atoms with Crippen molar-refractivity contribution in [3.05, 3.63) is 78.1 Å². The van der Waals surface area contributed by atoms with Gasteiger partial charge in [0.15, 0.2) is 11.4 Å². The molecular weight excluding hydrogens is 314 g/mol. The number of hydrogen-bond acceptors (Lipinski definition) is 3. The number of carbonyl (C=O) groups is 1. The molecule has 1 atom stereocenters. The summed E-state index contributed by atoms with van der Waals surface area (Å²) in [6, 6.07) is 19.7. The topological polar surface area (TPSA) is 56.2 Å². The molecule has 1 amide bonds. The van der Waals surface area contributed by atoms with Gasteiger partial charge < -0.3 is 10.1 Å². The van der Waals surface area contributed by atoms with Gasteiger partial charge in [-0.2, -0.15) is 5.10 Å². The second-order valence-corrected chi connectivity index (χ2v) is 5.85. The van der Waals surface area contributed by atoms with Crippen LogP contribution in [0.4, 0.5) is 0 Å². The van der Waals surface area contributed by atoms with E-state index in [4.69, 9.17) is 4.74 Å². The first-order chi connectivity index (χ1) is 12.2. The van der Waals surface area contributed by atoms with Gasteiger partial charge in [0.2, 0.25) is 0 Å². The zero-order valence-corrected chi connectivity index (χ0v) is 14.3. The Hall–Kier alpha value is -3.08. The van der Waals surface area contributed by atoms with Crippen LogP contribution in [0.2, 0.25) is 0 Å². The first-order valence-corrected chi connectivity index (χ1v) is 8.21. The largest absolute Gasteiger partial charge is 0.493 e. The molecule has 128 valence electrons. The number of aromatic nitrogens is 2. The van der Waals surface area contributed by atoms with Crippen LogP contribution < -0.4 is 10.1 Å². The average molecular weight is 335 g/mol. The molecule has 3 aromatic rings. The van der Waals surface area contributed by atoms with Gasteiger partial charge in [-0.15, -0.1) is 0 Å². The molecule has 25 heavy (non-hydrogen) atoms. The maximum Gasteiger partial charge on any atom is 0.275 e. The number of carbonyl (C=O) groups excluding carboxylic acids is 1. The standard InChI is InChI=1S/C20H21N3O2/c1-15(16-9-5-3-6-10-16)13-21-20(24)19-18(25-2)14-23(22-19)17-11-7-4-8-12-17/h3-12,14-15H,13H2,1-2H3,(H,21,24)/t15-/m1/s1. The lowest BCUT2D eigenvalue weighted by molar-refractivity contribution is 0.0943. The summed E-state index contributed by atoms with van der Waals surface area (Å²) in [5.41, 5.74) is 2.34. The highest BCUT2D eigenvalue weighted by Crippen LogP contribution is 2.20. The summed E-state index contributed by atoms with van der Waals surface area (Å²) in [6.45, 7) is 2.61. The maximum absolute atomic E-state index is 12.5. The minimum atomic E-state index is -0.241. The Morgan fingerprint density at radius 2 is 1.76 bits per heavy atom. The van der Waals surface area contributed by atoms with Crippen LogP contribution in [-0.4, -0.2) is 29.3 Å². The quantitative estimate of drug-likeness (QED) is 0.751. The molecule has 0 aliphatic heterocycles. The lowest BCUT2D eigenvalue weighted by atomic mass is 10.0. The average Bonchev–Trinajstić information content (AvgIpc) is 3.12. The van der Waals surface area contributed by atoms with Gasteiger partial charge in [0, 0.05) is 6.54 Å². The van der Waals surface area contributed by atoms with Crippen LogP contribution >= 0.6 is 0 Å². The van der Waals surface area contributed by atoms with Gasteiger partial charge in [-0.25, -0.2) is 4.68 Å². The molecule has 1 heterocycles. The predicted molar refractivity (Wildman–Crippen MR) is 97.3 cm³/mol. The minimum Gasteiger partial charge on any atom is -0.493 e. The van der Waals surface area contributed by atoms with Gasteiger partial charge in [0.25, 0.3) is 5.91 Å². The second kappa shape index (κ2) is 7.66. The van der Waals surface area contributed by atoms with Crippen molar-refractivity contribution in [3.8, 4) is 11.4 Å². The first-order valence-electron chi connectivity index (χ1n) is 8.21. The van der Waals surface area contributed by atoms with Gasteiger partial charge in [-0.3, -0.25) is 4.79 Å². The van der Waals surface area contributed by atoms with Gasteiger partial charge >= 0.3 is 0 Å². The predicted octanol–water partition coefficient (Wildman–Crippen LogP) is 3.41. The fourth-order valence-corrected chi connectivity index (χ4v) is 2.61. The van der Waals surface area contributed by atoms with Crippen LogP contribution in [0.5, 0.6) is 5.75 Å². The van der Waals surface area contributed by atoms with Crippen molar-refractivity contribution in [1.29, 1.82) is 0 Å². The van der Waals surface area contributed by atoms with E-state index in [0.717, 1.165) is 5.69 Å². The van der Waals surface area contributed by atoms with Crippen molar-refractivity contribution in [2.45, 2.75) is 12.8 Å². The Kier molecular flexibility index (Phi) is 5.14. The highest BCUT2D eigenvalue weighted by atomic mass is 16.5. The Morgan fingerprint density at radius 3 is 2.40 bits per heavy atom. The van der Waals surface area contributed by atoms with Crippen molar-refractivity contribution < 1.29 is 9.53 Å². The zero-order chi connectivity index (χ0) is 17.6. The summed E-state index contributed by atoms with van der Waals surface area (Å²) >= 11 is 0. The summed E-state index contributed by atoms with van der Waals surface area (Å²) in [4.78, 5) is 12.5. The normalized spacial score (nSPS) is 11.8. The molecule has 1 aromatic heterocycles. The number of amides is 1. The Labute approximate surface area is 147 Å². The number of hydrogen-bond donors (Lipinski definition) is 1. The number of ether oxygens (including phenoxy) is 1. The summed E-state index contributed by atoms with van der Waals surface area (Å²) in [5.74, 6) is 0.426. The van der Waals surface area contributed by atoms with Crippen molar-refractivity contribution in [2.75, 3.05) is 13.7 Å². The molecule has 0 spiro atoms. The Morgan fingerprint density at radius 1 is 1.12 bits per heavy atom. The maximum atomic E-state index is 12.5. The number of rotatable bonds is 6. The Balaban J connectivity index is 1.72. The van der Waals surface area contributed by atoms with Crippen LogP contribution in [-0.2, 0) is 0 Å². The molecular formula is C20H21N3O2. The lowest BCUT2D eigenvalue weighted by Crippen LogP contribution is -2.28. The molecule has 3 rings (SSSR count). The first kappa shape index (κ1) is 16.8. The van der Waals surface area contributed by atoms with Crippen LogP contribution in [0.15, 0.2) is 66.9 Å². The van der Waals surface area contributed by atoms with E-state index in [1.54, 1.807) is 10.9 Å². The van der Waals surface area contributed by atoms with Gasteiger partial charge in [-0.1, -0.05) is 55.5 Å². The van der Waals surface area contributed by atoms with E-state index < -0.39 is 0 Å². The molecule has 0 saturated carbocycles. The van der Waals surface area contributed by atoms with Crippen LogP contribution in [0, 0.1) is 0 Å². The highest BCUT2D eigenvalue weighted by molar-refractivity contribution is 5.95. The fourth-order valence-electron chi connectivity index (χ4n) is 2.61. The SMILES string of the molecule is COc1cn(-c2ccccc2)nc1C(=O)NC[C@@H](C)c1ccccc1.